The van der Waals surface area contributed by atoms with Gasteiger partial charge < -0.3 is 5.32 Å². The summed E-state index contributed by atoms with van der Waals surface area (Å²) >= 11 is 13.2. The molecule has 0 fully saturated rings. The Morgan fingerprint density at radius 3 is 2.80 bits per heavy atom. The molecule has 1 amide bonds. The van der Waals surface area contributed by atoms with Crippen LogP contribution in [-0.4, -0.2) is 31.2 Å². The predicted molar refractivity (Wildman–Crippen MR) is 99.3 cm³/mol. The molecular formula is C16H15Cl2N5OS. The van der Waals surface area contributed by atoms with E-state index in [0.29, 0.717) is 27.5 Å². The fourth-order valence-corrected chi connectivity index (χ4v) is 3.37. The second-order valence-electron chi connectivity index (χ2n) is 5.45. The van der Waals surface area contributed by atoms with E-state index in [2.05, 4.69) is 20.4 Å². The summed E-state index contributed by atoms with van der Waals surface area (Å²) in [6, 6.07) is 7.11. The van der Waals surface area contributed by atoms with Crippen LogP contribution in [0, 0.1) is 13.8 Å². The van der Waals surface area contributed by atoms with E-state index in [4.69, 9.17) is 23.2 Å². The van der Waals surface area contributed by atoms with Crippen LogP contribution in [0.3, 0.4) is 0 Å². The minimum absolute atomic E-state index is 0.129. The van der Waals surface area contributed by atoms with Gasteiger partial charge in [-0.25, -0.2) is 9.50 Å². The molecule has 0 aliphatic heterocycles. The molecule has 0 bridgehead atoms. The van der Waals surface area contributed by atoms with Crippen molar-refractivity contribution >= 4 is 46.6 Å². The third kappa shape index (κ3) is 4.42. The van der Waals surface area contributed by atoms with Crippen LogP contribution in [0.1, 0.15) is 17.0 Å². The standard InChI is InChI=1S/C16H15Cl2N5OS/c1-9-5-10(2)23-15(20-9)21-16(22-23)25-8-14(24)19-7-11-3-4-12(17)6-13(11)18/h3-6H,7-8H2,1-2H3,(H,19,24). The maximum atomic E-state index is 12.0. The third-order valence-electron chi connectivity index (χ3n) is 3.42. The molecule has 0 radical (unpaired) electrons. The quantitative estimate of drug-likeness (QED) is 0.669. The molecule has 0 saturated heterocycles. The van der Waals surface area contributed by atoms with Gasteiger partial charge in [-0.05, 0) is 37.6 Å². The average Bonchev–Trinajstić information content (AvgIpc) is 2.95. The second-order valence-corrected chi connectivity index (χ2v) is 7.23. The number of halogens is 2. The van der Waals surface area contributed by atoms with Gasteiger partial charge in [0.1, 0.15) is 0 Å². The van der Waals surface area contributed by atoms with Crippen LogP contribution in [0.25, 0.3) is 5.78 Å². The van der Waals surface area contributed by atoms with Crippen LogP contribution in [0.15, 0.2) is 29.4 Å². The maximum Gasteiger partial charge on any atom is 0.253 e. The number of carbonyl (C=O) groups is 1. The Bertz CT molecular complexity index is 944. The number of aromatic nitrogens is 4. The molecule has 0 saturated carbocycles. The first kappa shape index (κ1) is 18.0. The summed E-state index contributed by atoms with van der Waals surface area (Å²) in [5.41, 5.74) is 2.64. The lowest BCUT2D eigenvalue weighted by Gasteiger charge is -2.06. The van der Waals surface area contributed by atoms with E-state index in [9.17, 15) is 4.79 Å². The summed E-state index contributed by atoms with van der Waals surface area (Å²) in [6.45, 7) is 4.19. The van der Waals surface area contributed by atoms with Gasteiger partial charge in [-0.2, -0.15) is 4.98 Å². The van der Waals surface area contributed by atoms with Crippen molar-refractivity contribution in [3.63, 3.8) is 0 Å². The molecule has 9 heteroatoms. The van der Waals surface area contributed by atoms with Crippen molar-refractivity contribution in [2.75, 3.05) is 5.75 Å². The van der Waals surface area contributed by atoms with E-state index < -0.39 is 0 Å². The molecule has 130 valence electrons. The van der Waals surface area contributed by atoms with Crippen molar-refractivity contribution in [3.05, 3.63) is 51.3 Å². The number of hydrogen-bond donors (Lipinski definition) is 1. The molecule has 0 atom stereocenters. The highest BCUT2D eigenvalue weighted by atomic mass is 35.5. The lowest BCUT2D eigenvalue weighted by atomic mass is 10.2. The summed E-state index contributed by atoms with van der Waals surface area (Å²) < 4.78 is 1.67. The topological polar surface area (TPSA) is 72.2 Å². The monoisotopic (exact) mass is 395 g/mol. The van der Waals surface area contributed by atoms with Crippen molar-refractivity contribution in [1.82, 2.24) is 24.9 Å². The lowest BCUT2D eigenvalue weighted by molar-refractivity contribution is -0.118. The van der Waals surface area contributed by atoms with Crippen LogP contribution in [0.2, 0.25) is 10.0 Å². The highest BCUT2D eigenvalue weighted by Gasteiger charge is 2.11. The van der Waals surface area contributed by atoms with Crippen molar-refractivity contribution < 1.29 is 4.79 Å². The number of aryl methyl sites for hydroxylation is 2. The molecular weight excluding hydrogens is 381 g/mol. The third-order valence-corrected chi connectivity index (χ3v) is 4.85. The Morgan fingerprint density at radius 2 is 2.04 bits per heavy atom. The zero-order chi connectivity index (χ0) is 18.0. The van der Waals surface area contributed by atoms with Gasteiger partial charge in [0.25, 0.3) is 5.78 Å². The molecule has 0 unspecified atom stereocenters. The van der Waals surface area contributed by atoms with E-state index in [0.717, 1.165) is 17.0 Å². The molecule has 2 aromatic heterocycles. The van der Waals surface area contributed by atoms with Crippen LogP contribution in [0.5, 0.6) is 0 Å². The normalized spacial score (nSPS) is 11.0. The molecule has 3 aromatic rings. The summed E-state index contributed by atoms with van der Waals surface area (Å²) in [5, 5.41) is 8.78. The van der Waals surface area contributed by atoms with E-state index in [1.165, 1.54) is 11.8 Å². The van der Waals surface area contributed by atoms with Crippen LogP contribution in [-0.2, 0) is 11.3 Å². The van der Waals surface area contributed by atoms with Gasteiger partial charge in [-0.15, -0.1) is 5.10 Å². The zero-order valence-corrected chi connectivity index (χ0v) is 15.9. The van der Waals surface area contributed by atoms with Crippen molar-refractivity contribution in [2.24, 2.45) is 0 Å². The Labute approximate surface area is 158 Å². The highest BCUT2D eigenvalue weighted by Crippen LogP contribution is 2.21. The largest absolute Gasteiger partial charge is 0.351 e. The number of nitrogens with one attached hydrogen (secondary N) is 1. The Morgan fingerprint density at radius 1 is 1.24 bits per heavy atom. The molecule has 1 aromatic carbocycles. The van der Waals surface area contributed by atoms with Crippen LogP contribution >= 0.6 is 35.0 Å². The van der Waals surface area contributed by atoms with Crippen molar-refractivity contribution in [3.8, 4) is 0 Å². The number of hydrogen-bond acceptors (Lipinski definition) is 5. The average molecular weight is 396 g/mol. The predicted octanol–water partition coefficient (Wildman–Crippen LogP) is 3.46. The number of benzene rings is 1. The summed E-state index contributed by atoms with van der Waals surface area (Å²) in [7, 11) is 0. The summed E-state index contributed by atoms with van der Waals surface area (Å²) in [5.74, 6) is 0.615. The summed E-state index contributed by atoms with van der Waals surface area (Å²) in [4.78, 5) is 20.7. The Hall–Kier alpha value is -1.83. The molecule has 6 nitrogen and oxygen atoms in total. The van der Waals surface area contributed by atoms with Crippen molar-refractivity contribution in [1.29, 1.82) is 0 Å². The fourth-order valence-electron chi connectivity index (χ4n) is 2.25. The first-order chi connectivity index (χ1) is 11.9. The van der Waals surface area contributed by atoms with Gasteiger partial charge in [0.2, 0.25) is 11.1 Å². The molecule has 0 aliphatic rings. The van der Waals surface area contributed by atoms with Gasteiger partial charge >= 0.3 is 0 Å². The minimum atomic E-state index is -0.129. The number of amides is 1. The molecule has 0 spiro atoms. The van der Waals surface area contributed by atoms with E-state index in [-0.39, 0.29) is 11.7 Å². The summed E-state index contributed by atoms with van der Waals surface area (Å²) in [6.07, 6.45) is 0. The first-order valence-corrected chi connectivity index (χ1v) is 9.21. The minimum Gasteiger partial charge on any atom is -0.351 e. The van der Waals surface area contributed by atoms with Gasteiger partial charge in [0, 0.05) is 28.0 Å². The lowest BCUT2D eigenvalue weighted by Crippen LogP contribution is -2.24. The Balaban J connectivity index is 1.58. The fraction of sp³-hybridized carbons (Fsp3) is 0.250. The van der Waals surface area contributed by atoms with E-state index in [1.54, 1.807) is 22.7 Å². The number of fused-ring (bicyclic) bond motifs is 1. The van der Waals surface area contributed by atoms with Gasteiger partial charge in [0.15, 0.2) is 0 Å². The number of carbonyl (C=O) groups excluding carboxylic acids is 1. The van der Waals surface area contributed by atoms with Crippen LogP contribution < -0.4 is 5.32 Å². The van der Waals surface area contributed by atoms with E-state index >= 15 is 0 Å². The van der Waals surface area contributed by atoms with Crippen LogP contribution in [0.4, 0.5) is 0 Å². The maximum absolute atomic E-state index is 12.0. The Kier molecular flexibility index (Phi) is 5.46. The molecule has 0 aliphatic carbocycles. The van der Waals surface area contributed by atoms with Gasteiger partial charge in [-0.3, -0.25) is 4.79 Å². The number of thioether (sulfide) groups is 1. The number of rotatable bonds is 5. The molecule has 25 heavy (non-hydrogen) atoms. The van der Waals surface area contributed by atoms with Gasteiger partial charge in [-0.1, -0.05) is 41.0 Å². The second kappa shape index (κ2) is 7.59. The smallest absolute Gasteiger partial charge is 0.253 e. The highest BCUT2D eigenvalue weighted by molar-refractivity contribution is 7.99. The SMILES string of the molecule is Cc1cc(C)n2nc(SCC(=O)NCc3ccc(Cl)cc3Cl)nc2n1. The zero-order valence-electron chi connectivity index (χ0n) is 13.6. The molecule has 2 heterocycles. The number of nitrogens with zero attached hydrogens (tertiary/aromatic N) is 4. The van der Waals surface area contributed by atoms with Gasteiger partial charge in [0.05, 0.1) is 5.75 Å². The first-order valence-electron chi connectivity index (χ1n) is 7.47. The molecule has 1 N–H and O–H groups in total. The molecule has 3 rings (SSSR count). The van der Waals surface area contributed by atoms with Crippen molar-refractivity contribution in [2.45, 2.75) is 25.5 Å². The van der Waals surface area contributed by atoms with E-state index in [1.807, 2.05) is 19.9 Å².